The van der Waals surface area contributed by atoms with Gasteiger partial charge in [0.15, 0.2) is 17.5 Å². The maximum Gasteiger partial charge on any atom is 0.166 e. The van der Waals surface area contributed by atoms with Gasteiger partial charge in [0.05, 0.1) is 16.7 Å². The normalized spacial score (nSPS) is 11.9. The number of fused-ring (bicyclic) bond motifs is 10. The van der Waals surface area contributed by atoms with Gasteiger partial charge in [-0.2, -0.15) is 0 Å². The highest BCUT2D eigenvalue weighted by atomic mass is 32.1. The average molecular weight is 731 g/mol. The van der Waals surface area contributed by atoms with E-state index in [4.69, 9.17) is 15.0 Å². The van der Waals surface area contributed by atoms with Crippen LogP contribution in [0.2, 0.25) is 0 Å². The van der Waals surface area contributed by atoms with Crippen molar-refractivity contribution in [3.8, 4) is 39.9 Å². The lowest BCUT2D eigenvalue weighted by Gasteiger charge is -2.16. The van der Waals surface area contributed by atoms with E-state index in [-0.39, 0.29) is 0 Å². The third kappa shape index (κ3) is 4.81. The van der Waals surface area contributed by atoms with Crippen molar-refractivity contribution in [2.45, 2.75) is 0 Å². The van der Waals surface area contributed by atoms with E-state index < -0.39 is 0 Å². The molecule has 9 aromatic carbocycles. The van der Waals surface area contributed by atoms with Crippen molar-refractivity contribution in [3.05, 3.63) is 182 Å². The van der Waals surface area contributed by atoms with Gasteiger partial charge in [-0.25, -0.2) is 15.0 Å². The predicted octanol–water partition coefficient (Wildman–Crippen LogP) is 13.8. The molecule has 0 bridgehead atoms. The topological polar surface area (TPSA) is 43.6 Å². The molecule has 0 saturated carbocycles. The molecule has 0 saturated heterocycles. The fourth-order valence-electron chi connectivity index (χ4n) is 8.53. The second kappa shape index (κ2) is 12.2. The first-order chi connectivity index (χ1) is 27.7. The van der Waals surface area contributed by atoms with Crippen LogP contribution in [0.5, 0.6) is 0 Å². The fraction of sp³-hybridized carbons (Fsp3) is 0. The van der Waals surface area contributed by atoms with Crippen molar-refractivity contribution in [1.82, 2.24) is 19.5 Å². The van der Waals surface area contributed by atoms with Crippen LogP contribution in [0.3, 0.4) is 0 Å². The third-order valence-corrected chi connectivity index (χ3v) is 12.3. The van der Waals surface area contributed by atoms with E-state index in [1.807, 2.05) is 29.5 Å². The maximum atomic E-state index is 5.37. The third-order valence-electron chi connectivity index (χ3n) is 11.2. The fourth-order valence-corrected chi connectivity index (χ4v) is 9.65. The zero-order chi connectivity index (χ0) is 36.7. The van der Waals surface area contributed by atoms with Crippen molar-refractivity contribution in [2.75, 3.05) is 0 Å². The Bertz CT molecular complexity index is 3540. The van der Waals surface area contributed by atoms with Gasteiger partial charge in [-0.15, -0.1) is 11.3 Å². The quantitative estimate of drug-likeness (QED) is 0.181. The molecule has 0 fully saturated rings. The van der Waals surface area contributed by atoms with E-state index in [1.165, 1.54) is 57.9 Å². The molecule has 0 amide bonds. The second-order valence-electron chi connectivity index (χ2n) is 14.4. The molecule has 0 atom stereocenters. The Kier molecular flexibility index (Phi) is 6.76. The van der Waals surface area contributed by atoms with Gasteiger partial charge in [0.2, 0.25) is 0 Å². The van der Waals surface area contributed by atoms with Gasteiger partial charge in [-0.05, 0) is 74.8 Å². The van der Waals surface area contributed by atoms with Crippen molar-refractivity contribution in [1.29, 1.82) is 0 Å². The minimum absolute atomic E-state index is 0.632. The number of hydrogen-bond donors (Lipinski definition) is 0. The average Bonchev–Trinajstić information content (AvgIpc) is 3.79. The molecule has 260 valence electrons. The van der Waals surface area contributed by atoms with E-state index in [0.29, 0.717) is 17.5 Å². The zero-order valence-electron chi connectivity index (χ0n) is 30.0. The number of benzene rings is 9. The SMILES string of the molecule is c1ccc(-c2nc(-c3ccc4ccccc4c3)nc(-c3cc4sc5ccccc5c4cc3-n3c4cc5ccccc5cc4c4c5ccccc5ccc43)n2)cc1. The molecular formula is C51H30N4S. The number of thiophene rings is 1. The van der Waals surface area contributed by atoms with Gasteiger partial charge in [-0.3, -0.25) is 0 Å². The molecule has 3 aromatic heterocycles. The van der Waals surface area contributed by atoms with Gasteiger partial charge >= 0.3 is 0 Å². The van der Waals surface area contributed by atoms with E-state index in [1.54, 1.807) is 0 Å². The van der Waals surface area contributed by atoms with E-state index in [0.717, 1.165) is 38.8 Å². The zero-order valence-corrected chi connectivity index (χ0v) is 30.8. The van der Waals surface area contributed by atoms with Gasteiger partial charge in [0.1, 0.15) is 0 Å². The Morgan fingerprint density at radius 2 is 0.982 bits per heavy atom. The van der Waals surface area contributed by atoms with Crippen LogP contribution < -0.4 is 0 Å². The van der Waals surface area contributed by atoms with Crippen molar-refractivity contribution in [3.63, 3.8) is 0 Å². The van der Waals surface area contributed by atoms with Crippen molar-refractivity contribution < 1.29 is 0 Å². The first-order valence-electron chi connectivity index (χ1n) is 18.8. The molecule has 0 aliphatic heterocycles. The van der Waals surface area contributed by atoms with Crippen molar-refractivity contribution >= 4 is 85.6 Å². The summed E-state index contributed by atoms with van der Waals surface area (Å²) >= 11 is 1.81. The van der Waals surface area contributed by atoms with Gasteiger partial charge in [-0.1, -0.05) is 140 Å². The highest BCUT2D eigenvalue weighted by Crippen LogP contribution is 2.44. The molecule has 0 aliphatic carbocycles. The molecule has 0 aliphatic rings. The lowest BCUT2D eigenvalue weighted by atomic mass is 10.0. The largest absolute Gasteiger partial charge is 0.308 e. The number of hydrogen-bond acceptors (Lipinski definition) is 4. The summed E-state index contributed by atoms with van der Waals surface area (Å²) in [6.45, 7) is 0. The first kappa shape index (κ1) is 31.2. The standard InChI is InChI=1S/C51H30N4S/c1-2-14-33(15-3-1)49-52-50(37-23-22-31-12-4-5-16-34(31)26-37)54-51(53-49)42-30-47-40(39-20-10-11-21-46(39)56-47)29-45(42)55-43-25-24-32-13-8-9-19-38(32)48(43)41-27-35-17-6-7-18-36(35)28-44(41)55/h1-30H. The molecule has 4 nitrogen and oxygen atoms in total. The van der Waals surface area contributed by atoms with Crippen LogP contribution in [0.1, 0.15) is 0 Å². The van der Waals surface area contributed by atoms with Crippen LogP contribution in [0, 0.1) is 0 Å². The summed E-state index contributed by atoms with van der Waals surface area (Å²) in [4.78, 5) is 15.8. The Labute approximate surface area is 325 Å². The summed E-state index contributed by atoms with van der Waals surface area (Å²) in [7, 11) is 0. The van der Waals surface area contributed by atoms with E-state index in [9.17, 15) is 0 Å². The molecule has 0 unspecified atom stereocenters. The number of rotatable bonds is 4. The highest BCUT2D eigenvalue weighted by Gasteiger charge is 2.23. The number of nitrogens with zero attached hydrogens (tertiary/aromatic N) is 4. The Balaban J connectivity index is 1.23. The van der Waals surface area contributed by atoms with Gasteiger partial charge in [0, 0.05) is 47.6 Å². The van der Waals surface area contributed by atoms with Crippen LogP contribution in [0.4, 0.5) is 0 Å². The molecule has 12 rings (SSSR count). The Morgan fingerprint density at radius 3 is 1.80 bits per heavy atom. The summed E-state index contributed by atoms with van der Waals surface area (Å²) in [5, 5.41) is 12.1. The van der Waals surface area contributed by atoms with Crippen molar-refractivity contribution in [2.24, 2.45) is 0 Å². The summed E-state index contributed by atoms with van der Waals surface area (Å²) in [6, 6.07) is 65.1. The Morgan fingerprint density at radius 1 is 0.357 bits per heavy atom. The molecule has 56 heavy (non-hydrogen) atoms. The molecule has 0 spiro atoms. The lowest BCUT2D eigenvalue weighted by Crippen LogP contribution is -2.04. The highest BCUT2D eigenvalue weighted by molar-refractivity contribution is 7.25. The van der Waals surface area contributed by atoms with Gasteiger partial charge in [0.25, 0.3) is 0 Å². The molecular weight excluding hydrogens is 701 g/mol. The maximum absolute atomic E-state index is 5.37. The molecule has 5 heteroatoms. The molecule has 12 aromatic rings. The van der Waals surface area contributed by atoms with Gasteiger partial charge < -0.3 is 4.57 Å². The summed E-state index contributed by atoms with van der Waals surface area (Å²) < 4.78 is 4.89. The van der Waals surface area contributed by atoms with Crippen LogP contribution in [0.25, 0.3) is 114 Å². The number of aromatic nitrogens is 4. The predicted molar refractivity (Wildman–Crippen MR) is 236 cm³/mol. The monoisotopic (exact) mass is 730 g/mol. The summed E-state index contributed by atoms with van der Waals surface area (Å²) in [6.07, 6.45) is 0. The summed E-state index contributed by atoms with van der Waals surface area (Å²) in [5.41, 5.74) is 6.15. The first-order valence-corrected chi connectivity index (χ1v) is 19.7. The Hall–Kier alpha value is -7.21. The van der Waals surface area contributed by atoms with E-state index in [2.05, 4.69) is 168 Å². The molecule has 3 heterocycles. The lowest BCUT2D eigenvalue weighted by molar-refractivity contribution is 1.07. The van der Waals surface area contributed by atoms with Crippen LogP contribution in [-0.4, -0.2) is 19.5 Å². The molecule has 0 radical (unpaired) electrons. The minimum Gasteiger partial charge on any atom is -0.308 e. The van der Waals surface area contributed by atoms with Crippen LogP contribution >= 0.6 is 11.3 Å². The summed E-state index contributed by atoms with van der Waals surface area (Å²) in [5.74, 6) is 1.91. The van der Waals surface area contributed by atoms with Crippen LogP contribution in [0.15, 0.2) is 182 Å². The smallest absolute Gasteiger partial charge is 0.166 e. The minimum atomic E-state index is 0.632. The van der Waals surface area contributed by atoms with Crippen LogP contribution in [-0.2, 0) is 0 Å². The molecule has 0 N–H and O–H groups in total. The van der Waals surface area contributed by atoms with E-state index >= 15 is 0 Å². The second-order valence-corrected chi connectivity index (χ2v) is 15.5.